The summed E-state index contributed by atoms with van der Waals surface area (Å²) >= 11 is 0. The Kier molecular flexibility index (Phi) is 3.70. The number of sulfonamides is 1. The zero-order chi connectivity index (χ0) is 11.5. The van der Waals surface area contributed by atoms with Gasteiger partial charge in [0.25, 0.3) is 10.0 Å². The van der Waals surface area contributed by atoms with Gasteiger partial charge in [-0.3, -0.25) is 0 Å². The molecule has 0 saturated carbocycles. The first kappa shape index (κ1) is 12.0. The molecule has 0 aliphatic rings. The number of aryl methyl sites for hydroxylation is 1. The Morgan fingerprint density at radius 3 is 2.73 bits per heavy atom. The lowest BCUT2D eigenvalue weighted by molar-refractivity contribution is 0.373. The van der Waals surface area contributed by atoms with Crippen LogP contribution in [0.4, 0.5) is 0 Å². The van der Waals surface area contributed by atoms with Crippen molar-refractivity contribution in [1.29, 1.82) is 0 Å². The predicted molar refractivity (Wildman–Crippen MR) is 55.2 cm³/mol. The normalized spacial score (nSPS) is 11.7. The summed E-state index contributed by atoms with van der Waals surface area (Å²) in [5.41, 5.74) is 0. The molecule has 6 nitrogen and oxygen atoms in total. The lowest BCUT2D eigenvalue weighted by atomic mass is 10.5. The van der Waals surface area contributed by atoms with Crippen LogP contribution in [0.1, 0.15) is 13.3 Å². The fourth-order valence-electron chi connectivity index (χ4n) is 1.06. The lowest BCUT2D eigenvalue weighted by Gasteiger charge is -2.00. The number of hydrogen-bond acceptors (Lipinski definition) is 4. The second-order valence-electron chi connectivity index (χ2n) is 3.05. The molecule has 15 heavy (non-hydrogen) atoms. The molecular formula is C8H15N3O3S. The summed E-state index contributed by atoms with van der Waals surface area (Å²) in [5.74, 6) is 0.409. The molecule has 1 aromatic heterocycles. The summed E-state index contributed by atoms with van der Waals surface area (Å²) in [7, 11) is -0.408. The smallest absolute Gasteiger partial charge is 0.260 e. The van der Waals surface area contributed by atoms with E-state index in [0.29, 0.717) is 12.4 Å². The second-order valence-corrected chi connectivity index (χ2v) is 4.76. The third-order valence-electron chi connectivity index (χ3n) is 1.84. The molecule has 0 fully saturated rings. The fraction of sp³-hybridized carbons (Fsp3) is 0.625. The average molecular weight is 233 g/mol. The summed E-state index contributed by atoms with van der Waals surface area (Å²) in [4.78, 5) is 0. The molecule has 0 unspecified atom stereocenters. The van der Waals surface area contributed by atoms with Gasteiger partial charge in [-0.25, -0.2) is 17.8 Å². The summed E-state index contributed by atoms with van der Waals surface area (Å²) in [6, 6.07) is 1.39. The first-order valence-electron chi connectivity index (χ1n) is 4.59. The van der Waals surface area contributed by atoms with Gasteiger partial charge in [0.1, 0.15) is 0 Å². The highest BCUT2D eigenvalue weighted by Gasteiger charge is 2.18. The average Bonchev–Trinajstić information content (AvgIpc) is 2.57. The maximum atomic E-state index is 11.6. The van der Waals surface area contributed by atoms with E-state index < -0.39 is 10.0 Å². The van der Waals surface area contributed by atoms with Gasteiger partial charge in [0, 0.05) is 19.7 Å². The summed E-state index contributed by atoms with van der Waals surface area (Å²) in [6.07, 6.45) is 0.739. The minimum Gasteiger partial charge on any atom is -0.481 e. The van der Waals surface area contributed by atoms with Crippen molar-refractivity contribution in [1.82, 2.24) is 14.5 Å². The van der Waals surface area contributed by atoms with Crippen molar-refractivity contribution in [3.05, 3.63) is 6.07 Å². The molecule has 0 spiro atoms. The molecule has 7 heteroatoms. The highest BCUT2D eigenvalue weighted by molar-refractivity contribution is 7.89. The van der Waals surface area contributed by atoms with Gasteiger partial charge in [-0.05, 0) is 6.42 Å². The van der Waals surface area contributed by atoms with E-state index in [-0.39, 0.29) is 5.03 Å². The quantitative estimate of drug-likeness (QED) is 0.783. The van der Waals surface area contributed by atoms with E-state index in [0.717, 1.165) is 6.42 Å². The Labute approximate surface area is 89.3 Å². The Balaban J connectivity index is 2.95. The predicted octanol–water partition coefficient (Wildman–Crippen LogP) is 0.117. The topological polar surface area (TPSA) is 73.2 Å². The first-order chi connectivity index (χ1) is 7.01. The van der Waals surface area contributed by atoms with Crippen molar-refractivity contribution in [2.75, 3.05) is 13.7 Å². The monoisotopic (exact) mass is 233 g/mol. The highest BCUT2D eigenvalue weighted by Crippen LogP contribution is 2.15. The van der Waals surface area contributed by atoms with E-state index >= 15 is 0 Å². The van der Waals surface area contributed by atoms with Gasteiger partial charge in [0.2, 0.25) is 5.88 Å². The number of nitrogens with zero attached hydrogens (tertiary/aromatic N) is 2. The van der Waals surface area contributed by atoms with Crippen molar-refractivity contribution in [3.63, 3.8) is 0 Å². The first-order valence-corrected chi connectivity index (χ1v) is 6.07. The molecule has 1 aromatic rings. The third-order valence-corrected chi connectivity index (χ3v) is 3.18. The Morgan fingerprint density at radius 1 is 1.60 bits per heavy atom. The zero-order valence-electron chi connectivity index (χ0n) is 9.02. The van der Waals surface area contributed by atoms with Crippen LogP contribution in [0.2, 0.25) is 0 Å². The summed E-state index contributed by atoms with van der Waals surface area (Å²) in [5, 5.41) is 3.83. The highest BCUT2D eigenvalue weighted by atomic mass is 32.2. The van der Waals surface area contributed by atoms with Gasteiger partial charge in [0.05, 0.1) is 7.11 Å². The van der Waals surface area contributed by atoms with E-state index in [4.69, 9.17) is 4.74 Å². The fourth-order valence-corrected chi connectivity index (χ4v) is 2.16. The van der Waals surface area contributed by atoms with E-state index in [1.54, 1.807) is 7.05 Å². The van der Waals surface area contributed by atoms with E-state index in [9.17, 15) is 8.42 Å². The standard InChI is InChI=1S/C8H15N3O3S/c1-4-5-9-15(12,13)7-6-8(14-3)11(2)10-7/h6,9H,4-5H2,1-3H3. The van der Waals surface area contributed by atoms with Crippen LogP contribution in [0.25, 0.3) is 0 Å². The van der Waals surface area contributed by atoms with Crippen LogP contribution in [0.5, 0.6) is 5.88 Å². The Morgan fingerprint density at radius 2 is 2.27 bits per heavy atom. The Hall–Kier alpha value is -1.08. The molecule has 86 valence electrons. The van der Waals surface area contributed by atoms with E-state index in [2.05, 4.69) is 9.82 Å². The van der Waals surface area contributed by atoms with Crippen molar-refractivity contribution in [2.45, 2.75) is 18.4 Å². The summed E-state index contributed by atoms with van der Waals surface area (Å²) < 4.78 is 32.0. The van der Waals surface area contributed by atoms with Crippen LogP contribution in [-0.2, 0) is 17.1 Å². The molecule has 1 rings (SSSR count). The largest absolute Gasteiger partial charge is 0.481 e. The van der Waals surface area contributed by atoms with Gasteiger partial charge in [-0.2, -0.15) is 5.10 Å². The number of aromatic nitrogens is 2. The van der Waals surface area contributed by atoms with E-state index in [1.807, 2.05) is 6.92 Å². The molecule has 1 heterocycles. The van der Waals surface area contributed by atoms with Crippen LogP contribution in [-0.4, -0.2) is 31.9 Å². The molecule has 0 amide bonds. The third kappa shape index (κ3) is 2.69. The van der Waals surface area contributed by atoms with Crippen LogP contribution >= 0.6 is 0 Å². The molecule has 0 aliphatic heterocycles. The minimum absolute atomic E-state index is 0.0182. The second kappa shape index (κ2) is 4.63. The van der Waals surface area contributed by atoms with Crippen molar-refractivity contribution < 1.29 is 13.2 Å². The molecule has 0 radical (unpaired) electrons. The molecule has 0 bridgehead atoms. The van der Waals surface area contributed by atoms with Gasteiger partial charge in [0.15, 0.2) is 5.03 Å². The van der Waals surface area contributed by atoms with Crippen molar-refractivity contribution in [2.24, 2.45) is 7.05 Å². The maximum Gasteiger partial charge on any atom is 0.260 e. The van der Waals surface area contributed by atoms with Gasteiger partial charge in [-0.15, -0.1) is 0 Å². The number of nitrogens with one attached hydrogen (secondary N) is 1. The molecule has 0 atom stereocenters. The van der Waals surface area contributed by atoms with Crippen molar-refractivity contribution >= 4 is 10.0 Å². The van der Waals surface area contributed by atoms with Gasteiger partial charge >= 0.3 is 0 Å². The van der Waals surface area contributed by atoms with E-state index in [1.165, 1.54) is 17.9 Å². The van der Waals surface area contributed by atoms with Crippen LogP contribution in [0, 0.1) is 0 Å². The van der Waals surface area contributed by atoms with Crippen LogP contribution < -0.4 is 9.46 Å². The van der Waals surface area contributed by atoms with Crippen LogP contribution in [0.15, 0.2) is 11.1 Å². The lowest BCUT2D eigenvalue weighted by Crippen LogP contribution is -2.24. The van der Waals surface area contributed by atoms with Crippen molar-refractivity contribution in [3.8, 4) is 5.88 Å². The number of hydrogen-bond donors (Lipinski definition) is 1. The summed E-state index contributed by atoms with van der Waals surface area (Å²) in [6.45, 7) is 2.29. The SMILES string of the molecule is CCCNS(=O)(=O)c1cc(OC)n(C)n1. The molecule has 0 aromatic carbocycles. The van der Waals surface area contributed by atoms with Gasteiger partial charge < -0.3 is 4.74 Å². The molecular weight excluding hydrogens is 218 g/mol. The van der Waals surface area contributed by atoms with Crippen LogP contribution in [0.3, 0.4) is 0 Å². The number of ether oxygens (including phenoxy) is 1. The molecule has 0 aliphatic carbocycles. The maximum absolute atomic E-state index is 11.6. The van der Waals surface area contributed by atoms with Gasteiger partial charge in [-0.1, -0.05) is 6.92 Å². The Bertz CT molecular complexity index is 424. The number of rotatable bonds is 5. The molecule has 1 N–H and O–H groups in total. The zero-order valence-corrected chi connectivity index (χ0v) is 9.84. The number of methoxy groups -OCH3 is 1. The molecule has 0 saturated heterocycles. The minimum atomic E-state index is -3.50.